The molecule has 4 unspecified atom stereocenters. The Bertz CT molecular complexity index is 950. The molecule has 15 heteroatoms. The van der Waals surface area contributed by atoms with Gasteiger partial charge in [-0.05, 0) is 25.2 Å². The van der Waals surface area contributed by atoms with E-state index in [0.29, 0.717) is 5.69 Å². The lowest BCUT2D eigenvalue weighted by atomic mass is 10.0. The van der Waals surface area contributed by atoms with Crippen molar-refractivity contribution >= 4 is 35.6 Å². The molecule has 0 fully saturated rings. The van der Waals surface area contributed by atoms with Crippen molar-refractivity contribution < 1.29 is 44.1 Å². The minimum Gasteiger partial charge on any atom is -0.481 e. The number of H-pyrrole nitrogens is 1. The van der Waals surface area contributed by atoms with Gasteiger partial charge < -0.3 is 42.0 Å². The fourth-order valence-electron chi connectivity index (χ4n) is 3.29. The van der Waals surface area contributed by atoms with Crippen LogP contribution in [-0.2, 0) is 35.2 Å². The number of carboxylic acids is 3. The van der Waals surface area contributed by atoms with Gasteiger partial charge in [0.2, 0.25) is 17.7 Å². The highest BCUT2D eigenvalue weighted by Crippen LogP contribution is 2.09. The lowest BCUT2D eigenvalue weighted by Crippen LogP contribution is -2.58. The molecule has 0 bridgehead atoms. The van der Waals surface area contributed by atoms with Crippen molar-refractivity contribution in [3.8, 4) is 0 Å². The van der Waals surface area contributed by atoms with E-state index >= 15 is 0 Å². The van der Waals surface area contributed by atoms with Crippen molar-refractivity contribution in [2.24, 2.45) is 11.7 Å². The molecule has 1 aromatic rings. The number of nitrogens with one attached hydrogen (secondary N) is 4. The first kappa shape index (κ1) is 31.0. The highest BCUT2D eigenvalue weighted by atomic mass is 16.4. The van der Waals surface area contributed by atoms with Gasteiger partial charge in [-0.1, -0.05) is 13.8 Å². The normalized spacial score (nSPS) is 14.2. The summed E-state index contributed by atoms with van der Waals surface area (Å²) in [4.78, 5) is 78.3. The molecule has 0 saturated heterocycles. The van der Waals surface area contributed by atoms with E-state index in [4.69, 9.17) is 15.9 Å². The number of carbonyl (C=O) groups excluding carboxylic acids is 3. The van der Waals surface area contributed by atoms with Crippen molar-refractivity contribution in [2.75, 3.05) is 0 Å². The highest BCUT2D eigenvalue weighted by molar-refractivity contribution is 5.94. The van der Waals surface area contributed by atoms with Crippen LogP contribution in [0.15, 0.2) is 12.5 Å². The number of amides is 3. The Balaban J connectivity index is 3.03. The Morgan fingerprint density at radius 2 is 1.41 bits per heavy atom. The van der Waals surface area contributed by atoms with Gasteiger partial charge in [0, 0.05) is 31.2 Å². The minimum atomic E-state index is -1.48. The van der Waals surface area contributed by atoms with Crippen LogP contribution in [0.25, 0.3) is 0 Å². The highest BCUT2D eigenvalue weighted by Gasteiger charge is 2.31. The SMILES string of the molecule is CC(C)CC(NC(=O)C(Cc1cnc[nH]1)NC(=O)C(N)CCC(=O)O)C(=O)NC(CCC(=O)O)C(=O)O. The van der Waals surface area contributed by atoms with Crippen molar-refractivity contribution in [1.29, 1.82) is 0 Å². The molecule has 3 amide bonds. The number of aromatic nitrogens is 2. The first-order valence-electron chi connectivity index (χ1n) is 11.6. The topological polar surface area (TPSA) is 254 Å². The van der Waals surface area contributed by atoms with Crippen LogP contribution >= 0.6 is 0 Å². The smallest absolute Gasteiger partial charge is 0.326 e. The van der Waals surface area contributed by atoms with E-state index in [1.807, 2.05) is 0 Å². The number of hydrogen-bond acceptors (Lipinski definition) is 8. The molecule has 0 aliphatic rings. The number of nitrogens with two attached hydrogens (primary N) is 1. The van der Waals surface area contributed by atoms with E-state index < -0.39 is 66.2 Å². The maximum Gasteiger partial charge on any atom is 0.326 e. The molecule has 0 radical (unpaired) electrons. The maximum absolute atomic E-state index is 13.2. The quantitative estimate of drug-likeness (QED) is 0.117. The van der Waals surface area contributed by atoms with Gasteiger partial charge >= 0.3 is 17.9 Å². The molecule has 1 rings (SSSR count). The molecule has 0 spiro atoms. The first-order chi connectivity index (χ1) is 17.3. The maximum atomic E-state index is 13.2. The monoisotopic (exact) mass is 526 g/mol. The zero-order valence-electron chi connectivity index (χ0n) is 20.6. The number of rotatable bonds is 17. The predicted octanol–water partition coefficient (Wildman–Crippen LogP) is -1.41. The van der Waals surface area contributed by atoms with Crippen LogP contribution in [0.2, 0.25) is 0 Å². The van der Waals surface area contributed by atoms with E-state index in [1.165, 1.54) is 12.5 Å². The second-order valence-corrected chi connectivity index (χ2v) is 8.90. The minimum absolute atomic E-state index is 0.0599. The fourth-order valence-corrected chi connectivity index (χ4v) is 3.29. The van der Waals surface area contributed by atoms with E-state index in [2.05, 4.69) is 25.9 Å². The summed E-state index contributed by atoms with van der Waals surface area (Å²) in [7, 11) is 0. The van der Waals surface area contributed by atoms with Crippen LogP contribution in [0.5, 0.6) is 0 Å². The van der Waals surface area contributed by atoms with Crippen LogP contribution in [0, 0.1) is 5.92 Å². The van der Waals surface area contributed by atoms with Gasteiger partial charge in [0.25, 0.3) is 0 Å². The Hall–Kier alpha value is -4.01. The molecular weight excluding hydrogens is 492 g/mol. The van der Waals surface area contributed by atoms with Gasteiger partial charge in [0.15, 0.2) is 0 Å². The molecule has 206 valence electrons. The zero-order chi connectivity index (χ0) is 28.1. The van der Waals surface area contributed by atoms with E-state index in [0.717, 1.165) is 0 Å². The van der Waals surface area contributed by atoms with Gasteiger partial charge in [-0.2, -0.15) is 0 Å². The number of carboxylic acid groups (broad SMARTS) is 3. The number of carbonyl (C=O) groups is 6. The van der Waals surface area contributed by atoms with Crippen molar-refractivity contribution in [2.45, 2.75) is 76.5 Å². The summed E-state index contributed by atoms with van der Waals surface area (Å²) in [6.45, 7) is 3.55. The first-order valence-corrected chi connectivity index (χ1v) is 11.6. The van der Waals surface area contributed by atoms with E-state index in [-0.39, 0.29) is 38.0 Å². The van der Waals surface area contributed by atoms with Gasteiger partial charge in [-0.15, -0.1) is 0 Å². The third kappa shape index (κ3) is 12.0. The molecule has 1 aromatic heterocycles. The summed E-state index contributed by atoms with van der Waals surface area (Å²) >= 11 is 0. The number of imidazole rings is 1. The molecule has 9 N–H and O–H groups in total. The number of hydrogen-bond donors (Lipinski definition) is 8. The molecule has 4 atom stereocenters. The van der Waals surface area contributed by atoms with Crippen LogP contribution in [0.1, 0.15) is 51.6 Å². The molecular formula is C22H34N6O9. The summed E-state index contributed by atoms with van der Waals surface area (Å²) in [6, 6.07) is -5.11. The Morgan fingerprint density at radius 1 is 0.865 bits per heavy atom. The lowest BCUT2D eigenvalue weighted by Gasteiger charge is -2.26. The Morgan fingerprint density at radius 3 is 1.92 bits per heavy atom. The molecule has 15 nitrogen and oxygen atoms in total. The summed E-state index contributed by atoms with van der Waals surface area (Å²) in [5.74, 6) is -6.28. The largest absolute Gasteiger partial charge is 0.481 e. The predicted molar refractivity (Wildman–Crippen MR) is 127 cm³/mol. The third-order valence-electron chi connectivity index (χ3n) is 5.22. The molecule has 1 heterocycles. The second-order valence-electron chi connectivity index (χ2n) is 8.90. The standard InChI is InChI=1S/C22H34N6O9/c1-11(2)7-15(20(34)26-14(22(36)37)4-6-18(31)32)28-21(35)16(8-12-9-24-10-25-12)27-19(33)13(23)3-5-17(29)30/h9-11,13-16H,3-8,23H2,1-2H3,(H,24,25)(H,26,34)(H,27,33)(H,28,35)(H,29,30)(H,31,32)(H,36,37). The summed E-state index contributed by atoms with van der Waals surface area (Å²) in [5, 5.41) is 34.2. The van der Waals surface area contributed by atoms with Crippen molar-refractivity contribution in [3.63, 3.8) is 0 Å². The van der Waals surface area contributed by atoms with Crippen LogP contribution in [0.3, 0.4) is 0 Å². The van der Waals surface area contributed by atoms with Crippen LogP contribution in [0.4, 0.5) is 0 Å². The number of aromatic amines is 1. The van der Waals surface area contributed by atoms with Gasteiger partial charge in [0.05, 0.1) is 12.4 Å². The molecule has 0 aliphatic heterocycles. The van der Waals surface area contributed by atoms with Crippen molar-refractivity contribution in [3.05, 3.63) is 18.2 Å². The summed E-state index contributed by atoms with van der Waals surface area (Å²) in [6.07, 6.45) is 1.49. The average molecular weight is 527 g/mol. The molecule has 0 saturated carbocycles. The Kier molecular flexibility index (Phi) is 12.7. The fraction of sp³-hybridized carbons (Fsp3) is 0.591. The van der Waals surface area contributed by atoms with Crippen LogP contribution < -0.4 is 21.7 Å². The zero-order valence-corrected chi connectivity index (χ0v) is 20.6. The summed E-state index contributed by atoms with van der Waals surface area (Å²) in [5.41, 5.74) is 6.22. The lowest BCUT2D eigenvalue weighted by molar-refractivity contribution is -0.143. The van der Waals surface area contributed by atoms with Gasteiger partial charge in [-0.3, -0.25) is 24.0 Å². The number of aliphatic carboxylic acids is 3. The van der Waals surface area contributed by atoms with Gasteiger partial charge in [-0.25, -0.2) is 9.78 Å². The van der Waals surface area contributed by atoms with Gasteiger partial charge in [0.1, 0.15) is 18.1 Å². The molecule has 0 aliphatic carbocycles. The van der Waals surface area contributed by atoms with E-state index in [9.17, 15) is 33.9 Å². The third-order valence-corrected chi connectivity index (χ3v) is 5.22. The van der Waals surface area contributed by atoms with Crippen molar-refractivity contribution in [1.82, 2.24) is 25.9 Å². The van der Waals surface area contributed by atoms with Crippen LogP contribution in [-0.4, -0.2) is 85.1 Å². The second kappa shape index (κ2) is 15.2. The number of nitrogens with zero attached hydrogens (tertiary/aromatic N) is 1. The summed E-state index contributed by atoms with van der Waals surface area (Å²) < 4.78 is 0. The average Bonchev–Trinajstić information content (AvgIpc) is 3.31. The molecule has 37 heavy (non-hydrogen) atoms. The Labute approximate surface area is 212 Å². The molecule has 0 aromatic carbocycles. The van der Waals surface area contributed by atoms with E-state index in [1.54, 1.807) is 13.8 Å².